The van der Waals surface area contributed by atoms with Gasteiger partial charge in [-0.25, -0.2) is 0 Å². The molecule has 0 saturated carbocycles. The number of nitrogens with one attached hydrogen (secondary N) is 1. The summed E-state index contributed by atoms with van der Waals surface area (Å²) < 4.78 is 20.2. The van der Waals surface area contributed by atoms with Crippen LogP contribution in [0.1, 0.15) is 0 Å². The molecule has 1 amide bonds. The van der Waals surface area contributed by atoms with Gasteiger partial charge in [-0.1, -0.05) is 11.6 Å². The zero-order valence-electron chi connectivity index (χ0n) is 11.7. The Morgan fingerprint density at radius 1 is 1.15 bits per heavy atom. The topological polar surface area (TPSA) is 66.0 Å². The third-order valence-electron chi connectivity index (χ3n) is 2.41. The van der Waals surface area contributed by atoms with Crippen molar-refractivity contribution in [3.63, 3.8) is 0 Å². The normalized spacial score (nSPS) is 10.2. The lowest BCUT2D eigenvalue weighted by Crippen LogP contribution is -2.19. The molecule has 0 saturated heterocycles. The average Bonchev–Trinajstić information content (AvgIpc) is 2.45. The second-order valence-electron chi connectivity index (χ2n) is 3.78. The molecule has 1 N–H and O–H groups in total. The van der Waals surface area contributed by atoms with E-state index in [1.54, 1.807) is 19.2 Å². The first-order chi connectivity index (χ1) is 9.62. The molecule has 0 bridgehead atoms. The van der Waals surface area contributed by atoms with E-state index in [2.05, 4.69) is 5.32 Å². The molecule has 1 rings (SSSR count). The molecule has 6 nitrogen and oxygen atoms in total. The van der Waals surface area contributed by atoms with Gasteiger partial charge in [-0.15, -0.1) is 0 Å². The van der Waals surface area contributed by atoms with Gasteiger partial charge in [0.15, 0.2) is 11.5 Å². The Bertz CT molecular complexity index is 453. The molecule has 0 fully saturated rings. The van der Waals surface area contributed by atoms with Gasteiger partial charge in [-0.3, -0.25) is 4.79 Å². The van der Waals surface area contributed by atoms with Crippen molar-refractivity contribution >= 4 is 23.2 Å². The molecular weight excluding hydrogens is 286 g/mol. The van der Waals surface area contributed by atoms with E-state index in [1.165, 1.54) is 14.2 Å². The minimum absolute atomic E-state index is 0.0754. The van der Waals surface area contributed by atoms with Crippen LogP contribution < -0.4 is 14.8 Å². The molecule has 0 aliphatic heterocycles. The lowest BCUT2D eigenvalue weighted by Gasteiger charge is -2.12. The number of hydrogen-bond donors (Lipinski definition) is 1. The third kappa shape index (κ3) is 4.88. The molecule has 0 unspecified atom stereocenters. The molecule has 0 atom stereocenters. The number of methoxy groups -OCH3 is 3. The van der Waals surface area contributed by atoms with Crippen LogP contribution in [-0.4, -0.2) is 47.1 Å². The number of ether oxygens (including phenoxy) is 4. The van der Waals surface area contributed by atoms with E-state index in [0.717, 1.165) is 0 Å². The number of benzene rings is 1. The Morgan fingerprint density at radius 2 is 1.80 bits per heavy atom. The first-order valence-electron chi connectivity index (χ1n) is 5.90. The van der Waals surface area contributed by atoms with Crippen molar-refractivity contribution in [2.45, 2.75) is 0 Å². The molecule has 0 aliphatic carbocycles. The van der Waals surface area contributed by atoms with Crippen LogP contribution in [0.25, 0.3) is 0 Å². The Labute approximate surface area is 122 Å². The number of amides is 1. The van der Waals surface area contributed by atoms with Gasteiger partial charge in [-0.2, -0.15) is 0 Å². The summed E-state index contributed by atoms with van der Waals surface area (Å²) in [5.41, 5.74) is 0.435. The summed E-state index contributed by atoms with van der Waals surface area (Å²) in [6, 6.07) is 3.16. The van der Waals surface area contributed by atoms with Gasteiger partial charge in [0.05, 0.1) is 38.1 Å². The maximum Gasteiger partial charge on any atom is 0.250 e. The Hall–Kier alpha value is -1.50. The number of anilines is 1. The quantitative estimate of drug-likeness (QED) is 0.744. The molecule has 0 aromatic heterocycles. The van der Waals surface area contributed by atoms with E-state index >= 15 is 0 Å². The first kappa shape index (κ1) is 16.6. The van der Waals surface area contributed by atoms with Crippen LogP contribution in [0.2, 0.25) is 5.02 Å². The monoisotopic (exact) mass is 303 g/mol. The van der Waals surface area contributed by atoms with Gasteiger partial charge in [-0.05, 0) is 0 Å². The second-order valence-corrected chi connectivity index (χ2v) is 4.19. The van der Waals surface area contributed by atoms with Crippen LogP contribution >= 0.6 is 11.6 Å². The summed E-state index contributed by atoms with van der Waals surface area (Å²) in [4.78, 5) is 11.7. The highest BCUT2D eigenvalue weighted by atomic mass is 35.5. The van der Waals surface area contributed by atoms with Gasteiger partial charge >= 0.3 is 0 Å². The van der Waals surface area contributed by atoms with E-state index in [4.69, 9.17) is 30.5 Å². The van der Waals surface area contributed by atoms with Gasteiger partial charge in [0.1, 0.15) is 6.61 Å². The van der Waals surface area contributed by atoms with Crippen molar-refractivity contribution in [3.8, 4) is 11.5 Å². The van der Waals surface area contributed by atoms with E-state index in [1.807, 2.05) is 0 Å². The molecule has 0 aliphatic rings. The Kier molecular flexibility index (Phi) is 7.14. The Morgan fingerprint density at radius 3 is 2.40 bits per heavy atom. The van der Waals surface area contributed by atoms with Crippen LogP contribution in [0.15, 0.2) is 12.1 Å². The zero-order chi connectivity index (χ0) is 15.0. The maximum atomic E-state index is 11.7. The minimum Gasteiger partial charge on any atom is -0.493 e. The molecule has 7 heteroatoms. The minimum atomic E-state index is -0.310. The van der Waals surface area contributed by atoms with Crippen LogP contribution in [0, 0.1) is 0 Å². The smallest absolute Gasteiger partial charge is 0.250 e. The average molecular weight is 304 g/mol. The van der Waals surface area contributed by atoms with E-state index in [0.29, 0.717) is 35.4 Å². The molecule has 0 heterocycles. The number of carbonyl (C=O) groups is 1. The predicted octanol–water partition coefficient (Wildman–Crippen LogP) is 1.96. The van der Waals surface area contributed by atoms with Gasteiger partial charge in [0, 0.05) is 19.2 Å². The van der Waals surface area contributed by atoms with Gasteiger partial charge in [0.2, 0.25) is 5.91 Å². The number of carbonyl (C=O) groups excluding carboxylic acids is 1. The maximum absolute atomic E-state index is 11.7. The lowest BCUT2D eigenvalue weighted by molar-refractivity contribution is -0.121. The molecule has 0 radical (unpaired) electrons. The number of halogens is 1. The summed E-state index contributed by atoms with van der Waals surface area (Å²) in [7, 11) is 4.58. The third-order valence-corrected chi connectivity index (χ3v) is 2.72. The lowest BCUT2D eigenvalue weighted by atomic mass is 10.2. The number of rotatable bonds is 8. The van der Waals surface area contributed by atoms with Crippen LogP contribution in [-0.2, 0) is 14.3 Å². The predicted molar refractivity (Wildman–Crippen MR) is 75.9 cm³/mol. The summed E-state index contributed by atoms with van der Waals surface area (Å²) in [5.74, 6) is 0.662. The first-order valence-corrected chi connectivity index (χ1v) is 6.28. The van der Waals surface area contributed by atoms with Crippen LogP contribution in [0.3, 0.4) is 0 Å². The van der Waals surface area contributed by atoms with Crippen LogP contribution in [0.4, 0.5) is 5.69 Å². The van der Waals surface area contributed by atoms with E-state index in [-0.39, 0.29) is 12.5 Å². The SMILES string of the molecule is COCCOCC(=O)Nc1cc(OC)c(OC)cc1Cl. The van der Waals surface area contributed by atoms with Crippen LogP contribution in [0.5, 0.6) is 11.5 Å². The molecule has 20 heavy (non-hydrogen) atoms. The van der Waals surface area contributed by atoms with E-state index in [9.17, 15) is 4.79 Å². The fraction of sp³-hybridized carbons (Fsp3) is 0.462. The summed E-state index contributed by atoms with van der Waals surface area (Å²) in [5, 5.41) is 3.00. The second kappa shape index (κ2) is 8.63. The highest BCUT2D eigenvalue weighted by molar-refractivity contribution is 6.34. The number of hydrogen-bond acceptors (Lipinski definition) is 5. The fourth-order valence-electron chi connectivity index (χ4n) is 1.44. The molecule has 0 spiro atoms. The fourth-order valence-corrected chi connectivity index (χ4v) is 1.64. The van der Waals surface area contributed by atoms with E-state index < -0.39 is 0 Å². The highest BCUT2D eigenvalue weighted by Crippen LogP contribution is 2.35. The largest absolute Gasteiger partial charge is 0.493 e. The van der Waals surface area contributed by atoms with Crippen molar-refractivity contribution in [3.05, 3.63) is 17.2 Å². The van der Waals surface area contributed by atoms with Crippen molar-refractivity contribution < 1.29 is 23.7 Å². The van der Waals surface area contributed by atoms with Crippen molar-refractivity contribution in [1.29, 1.82) is 0 Å². The highest BCUT2D eigenvalue weighted by Gasteiger charge is 2.12. The summed E-state index contributed by atoms with van der Waals surface area (Å²) >= 11 is 6.05. The molecular formula is C13H18ClNO5. The molecule has 1 aromatic carbocycles. The summed E-state index contributed by atoms with van der Waals surface area (Å²) in [6.45, 7) is 0.710. The van der Waals surface area contributed by atoms with Gasteiger partial charge in [0.25, 0.3) is 0 Å². The summed E-state index contributed by atoms with van der Waals surface area (Å²) in [6.07, 6.45) is 0. The molecule has 1 aromatic rings. The standard InChI is InChI=1S/C13H18ClNO5/c1-17-4-5-20-8-13(16)15-10-7-12(19-3)11(18-2)6-9(10)14/h6-7H,4-5,8H2,1-3H3,(H,15,16). The zero-order valence-corrected chi connectivity index (χ0v) is 12.5. The van der Waals surface area contributed by atoms with Crippen molar-refractivity contribution in [1.82, 2.24) is 0 Å². The van der Waals surface area contributed by atoms with Crippen molar-refractivity contribution in [2.75, 3.05) is 46.5 Å². The van der Waals surface area contributed by atoms with Crippen molar-refractivity contribution in [2.24, 2.45) is 0 Å². The van der Waals surface area contributed by atoms with Gasteiger partial charge < -0.3 is 24.3 Å². The molecule has 112 valence electrons. The Balaban J connectivity index is 2.65.